The van der Waals surface area contributed by atoms with Gasteiger partial charge in [-0.1, -0.05) is 0 Å². The van der Waals surface area contributed by atoms with E-state index in [2.05, 4.69) is 5.32 Å². The lowest BCUT2D eigenvalue weighted by molar-refractivity contribution is -0.124. The summed E-state index contributed by atoms with van der Waals surface area (Å²) in [7, 11) is 0. The normalized spacial score (nSPS) is 9.27. The second-order valence-electron chi connectivity index (χ2n) is 2.28. The lowest BCUT2D eigenvalue weighted by Crippen LogP contribution is -2.26. The van der Waals surface area contributed by atoms with Crippen LogP contribution in [0.25, 0.3) is 0 Å². The number of hydrogen-bond donors (Lipinski definition) is 2. The third kappa shape index (κ3) is 6.99. The van der Waals surface area contributed by atoms with Gasteiger partial charge in [-0.15, -0.1) is 0 Å². The molecule has 0 unspecified atom stereocenters. The van der Waals surface area contributed by atoms with Crippen LogP contribution in [0.2, 0.25) is 0 Å². The van der Waals surface area contributed by atoms with Crippen LogP contribution in [0.1, 0.15) is 19.8 Å². The number of Topliss-reactive ketones (excluding diaryl/α,β-unsaturated/α-hetero) is 1. The Labute approximate surface area is 65.6 Å². The number of nitrogens with one attached hydrogen (secondary N) is 1. The van der Waals surface area contributed by atoms with E-state index in [0.29, 0.717) is 0 Å². The summed E-state index contributed by atoms with van der Waals surface area (Å²) in [5, 5.41) is 10.8. The smallest absolute Gasteiger partial charge is 0.220 e. The molecule has 0 heterocycles. The third-order valence-electron chi connectivity index (χ3n) is 1.14. The molecular weight excluding hydrogens is 146 g/mol. The first-order valence-corrected chi connectivity index (χ1v) is 3.54. The number of ketones is 1. The van der Waals surface area contributed by atoms with Crippen LogP contribution in [0.4, 0.5) is 0 Å². The van der Waals surface area contributed by atoms with E-state index in [-0.39, 0.29) is 37.7 Å². The molecule has 64 valence electrons. The van der Waals surface area contributed by atoms with E-state index in [1.165, 1.54) is 6.92 Å². The fraction of sp³-hybridized carbons (Fsp3) is 0.714. The van der Waals surface area contributed by atoms with Crippen molar-refractivity contribution >= 4 is 11.7 Å². The zero-order valence-electron chi connectivity index (χ0n) is 6.59. The van der Waals surface area contributed by atoms with E-state index < -0.39 is 0 Å². The molecule has 0 saturated heterocycles. The zero-order chi connectivity index (χ0) is 8.69. The summed E-state index contributed by atoms with van der Waals surface area (Å²) in [6, 6.07) is 0. The standard InChI is InChI=1S/C7H13NO3/c1-6(10)2-3-7(11)8-4-5-9/h9H,2-5H2,1H3,(H,8,11). The van der Waals surface area contributed by atoms with Crippen molar-refractivity contribution in [3.05, 3.63) is 0 Å². The molecule has 0 bridgehead atoms. The van der Waals surface area contributed by atoms with Gasteiger partial charge in [-0.2, -0.15) is 0 Å². The number of amides is 1. The minimum atomic E-state index is -0.186. The second-order valence-corrected chi connectivity index (χ2v) is 2.28. The van der Waals surface area contributed by atoms with Gasteiger partial charge in [-0.05, 0) is 6.92 Å². The van der Waals surface area contributed by atoms with Crippen molar-refractivity contribution in [2.75, 3.05) is 13.2 Å². The molecule has 4 nitrogen and oxygen atoms in total. The van der Waals surface area contributed by atoms with E-state index in [1.807, 2.05) is 0 Å². The highest BCUT2D eigenvalue weighted by Crippen LogP contribution is 1.88. The van der Waals surface area contributed by atoms with Crippen molar-refractivity contribution in [2.45, 2.75) is 19.8 Å². The molecule has 0 aromatic carbocycles. The third-order valence-corrected chi connectivity index (χ3v) is 1.14. The van der Waals surface area contributed by atoms with E-state index >= 15 is 0 Å². The molecule has 11 heavy (non-hydrogen) atoms. The number of hydrogen-bond acceptors (Lipinski definition) is 3. The molecule has 0 aliphatic heterocycles. The Morgan fingerprint density at radius 3 is 2.45 bits per heavy atom. The van der Waals surface area contributed by atoms with Crippen molar-refractivity contribution in [3.8, 4) is 0 Å². The zero-order valence-corrected chi connectivity index (χ0v) is 6.59. The summed E-state index contributed by atoms with van der Waals surface area (Å²) in [6.07, 6.45) is 0.493. The maximum Gasteiger partial charge on any atom is 0.220 e. The number of aliphatic hydroxyl groups excluding tert-OH is 1. The van der Waals surface area contributed by atoms with E-state index in [1.54, 1.807) is 0 Å². The SMILES string of the molecule is CC(=O)CCC(=O)NCCO. The number of carbonyl (C=O) groups excluding carboxylic acids is 2. The van der Waals surface area contributed by atoms with Gasteiger partial charge in [0.2, 0.25) is 5.91 Å². The number of aliphatic hydroxyl groups is 1. The molecule has 0 aliphatic carbocycles. The van der Waals surface area contributed by atoms with Crippen LogP contribution in [-0.4, -0.2) is 29.9 Å². The Hall–Kier alpha value is -0.900. The van der Waals surface area contributed by atoms with Gasteiger partial charge in [0, 0.05) is 19.4 Å². The van der Waals surface area contributed by atoms with Crippen LogP contribution in [0.5, 0.6) is 0 Å². The maximum atomic E-state index is 10.7. The highest BCUT2D eigenvalue weighted by atomic mass is 16.3. The first-order chi connectivity index (χ1) is 5.16. The van der Waals surface area contributed by atoms with E-state index in [4.69, 9.17) is 5.11 Å². The van der Waals surface area contributed by atoms with Gasteiger partial charge >= 0.3 is 0 Å². The van der Waals surface area contributed by atoms with Crippen LogP contribution < -0.4 is 5.32 Å². The first-order valence-electron chi connectivity index (χ1n) is 3.54. The lowest BCUT2D eigenvalue weighted by Gasteiger charge is -2.00. The highest BCUT2D eigenvalue weighted by Gasteiger charge is 2.01. The molecular formula is C7H13NO3. The molecule has 4 heteroatoms. The van der Waals surface area contributed by atoms with Gasteiger partial charge in [0.1, 0.15) is 5.78 Å². The Bertz CT molecular complexity index is 145. The molecule has 0 saturated carbocycles. The van der Waals surface area contributed by atoms with Crippen LogP contribution in [0.15, 0.2) is 0 Å². The molecule has 0 aliphatic rings. The average molecular weight is 159 g/mol. The van der Waals surface area contributed by atoms with Crippen molar-refractivity contribution in [3.63, 3.8) is 0 Å². The van der Waals surface area contributed by atoms with Crippen molar-refractivity contribution < 1.29 is 14.7 Å². The van der Waals surface area contributed by atoms with Crippen LogP contribution >= 0.6 is 0 Å². The van der Waals surface area contributed by atoms with E-state index in [9.17, 15) is 9.59 Å². The highest BCUT2D eigenvalue weighted by molar-refractivity contribution is 5.83. The first kappa shape index (κ1) is 10.1. The molecule has 1 amide bonds. The second kappa shape index (κ2) is 5.85. The summed E-state index contributed by atoms with van der Waals surface area (Å²) in [5.74, 6) is -0.182. The maximum absolute atomic E-state index is 10.7. The molecule has 0 rings (SSSR count). The summed E-state index contributed by atoms with van der Waals surface area (Å²) in [4.78, 5) is 21.1. The van der Waals surface area contributed by atoms with Gasteiger partial charge in [0.15, 0.2) is 0 Å². The van der Waals surface area contributed by atoms with Gasteiger partial charge in [-0.25, -0.2) is 0 Å². The van der Waals surface area contributed by atoms with Gasteiger partial charge in [-0.3, -0.25) is 4.79 Å². The molecule has 2 N–H and O–H groups in total. The number of carbonyl (C=O) groups is 2. The molecule has 0 aromatic heterocycles. The van der Waals surface area contributed by atoms with E-state index in [0.717, 1.165) is 0 Å². The van der Waals surface area contributed by atoms with Gasteiger partial charge < -0.3 is 15.2 Å². The predicted octanol–water partition coefficient (Wildman–Crippen LogP) is -0.536. The van der Waals surface area contributed by atoms with Gasteiger partial charge in [0.25, 0.3) is 0 Å². The quantitative estimate of drug-likeness (QED) is 0.566. The Balaban J connectivity index is 3.30. The monoisotopic (exact) mass is 159 g/mol. The Morgan fingerprint density at radius 2 is 2.00 bits per heavy atom. The Morgan fingerprint density at radius 1 is 1.36 bits per heavy atom. The van der Waals surface area contributed by atoms with Gasteiger partial charge in [0.05, 0.1) is 6.61 Å². The minimum Gasteiger partial charge on any atom is -0.395 e. The number of rotatable bonds is 5. The van der Waals surface area contributed by atoms with Crippen molar-refractivity contribution in [1.29, 1.82) is 0 Å². The summed E-state index contributed by atoms with van der Waals surface area (Å²) >= 11 is 0. The topological polar surface area (TPSA) is 66.4 Å². The van der Waals surface area contributed by atoms with Crippen LogP contribution in [0.3, 0.4) is 0 Å². The molecule has 0 spiro atoms. The lowest BCUT2D eigenvalue weighted by atomic mass is 10.2. The van der Waals surface area contributed by atoms with Crippen molar-refractivity contribution in [1.82, 2.24) is 5.32 Å². The van der Waals surface area contributed by atoms with Crippen LogP contribution in [-0.2, 0) is 9.59 Å². The van der Waals surface area contributed by atoms with Crippen molar-refractivity contribution in [2.24, 2.45) is 0 Å². The fourth-order valence-corrected chi connectivity index (χ4v) is 0.573. The summed E-state index contributed by atoms with van der Waals surface area (Å²) in [5.41, 5.74) is 0. The minimum absolute atomic E-state index is 0.00384. The Kier molecular flexibility index (Phi) is 5.37. The molecule has 0 radical (unpaired) electrons. The molecule has 0 aromatic rings. The fourth-order valence-electron chi connectivity index (χ4n) is 0.573. The summed E-state index contributed by atoms with van der Waals surface area (Å²) < 4.78 is 0. The largest absolute Gasteiger partial charge is 0.395 e. The predicted molar refractivity (Wildman–Crippen MR) is 40.0 cm³/mol. The molecule has 0 atom stereocenters. The van der Waals surface area contributed by atoms with Crippen LogP contribution in [0, 0.1) is 0 Å². The molecule has 0 fully saturated rings. The average Bonchev–Trinajstić information content (AvgIpc) is 1.97. The summed E-state index contributed by atoms with van der Waals surface area (Å²) in [6.45, 7) is 1.64.